The maximum Gasteiger partial charge on any atom is 0.248 e. The van der Waals surface area contributed by atoms with Gasteiger partial charge in [0.05, 0.1) is 17.4 Å². The van der Waals surface area contributed by atoms with Crippen molar-refractivity contribution in [1.29, 1.82) is 0 Å². The standard InChI is InChI=1S/C15H20N4O/c1-18-7-3-2-4-12(18)9-19-10-17-13-8-11(15(16)20)5-6-14(13)19/h5-6,8,10,12H,2-4,7,9H2,1H3,(H2,16,20)/t12-/m1/s1. The molecule has 20 heavy (non-hydrogen) atoms. The van der Waals surface area contributed by atoms with Crippen molar-refractivity contribution in [2.24, 2.45) is 5.73 Å². The minimum Gasteiger partial charge on any atom is -0.366 e. The number of hydrogen-bond donors (Lipinski definition) is 1. The Morgan fingerprint density at radius 3 is 3.05 bits per heavy atom. The van der Waals surface area contributed by atoms with Gasteiger partial charge in [-0.15, -0.1) is 0 Å². The first-order chi connectivity index (χ1) is 9.65. The van der Waals surface area contributed by atoms with Gasteiger partial charge in [-0.25, -0.2) is 4.98 Å². The van der Waals surface area contributed by atoms with Crippen molar-refractivity contribution in [3.05, 3.63) is 30.1 Å². The zero-order chi connectivity index (χ0) is 14.1. The number of likely N-dealkylation sites (N-methyl/N-ethyl adjacent to an activating group) is 1. The number of piperidine rings is 1. The van der Waals surface area contributed by atoms with Gasteiger partial charge in [0.1, 0.15) is 0 Å². The molecule has 1 saturated heterocycles. The molecule has 2 N–H and O–H groups in total. The molecule has 5 nitrogen and oxygen atoms in total. The summed E-state index contributed by atoms with van der Waals surface area (Å²) in [6.07, 6.45) is 5.68. The Morgan fingerprint density at radius 1 is 1.45 bits per heavy atom. The molecule has 1 fully saturated rings. The third kappa shape index (κ3) is 2.41. The molecular weight excluding hydrogens is 252 g/mol. The smallest absolute Gasteiger partial charge is 0.248 e. The van der Waals surface area contributed by atoms with Crippen LogP contribution in [0.1, 0.15) is 29.6 Å². The summed E-state index contributed by atoms with van der Waals surface area (Å²) in [5, 5.41) is 0. The van der Waals surface area contributed by atoms with Crippen LogP contribution in [0.15, 0.2) is 24.5 Å². The molecule has 3 rings (SSSR count). The summed E-state index contributed by atoms with van der Waals surface area (Å²) in [4.78, 5) is 18.0. The summed E-state index contributed by atoms with van der Waals surface area (Å²) in [7, 11) is 2.19. The van der Waals surface area contributed by atoms with E-state index in [1.165, 1.54) is 25.8 Å². The number of nitrogens with two attached hydrogens (primary N) is 1. The molecule has 1 aromatic carbocycles. The fraction of sp³-hybridized carbons (Fsp3) is 0.467. The van der Waals surface area contributed by atoms with Gasteiger partial charge in [-0.3, -0.25) is 4.79 Å². The number of aromatic nitrogens is 2. The van der Waals surface area contributed by atoms with Crippen molar-refractivity contribution in [2.45, 2.75) is 31.8 Å². The zero-order valence-corrected chi connectivity index (χ0v) is 11.7. The first-order valence-electron chi connectivity index (χ1n) is 7.10. The van der Waals surface area contributed by atoms with Crippen LogP contribution in [-0.4, -0.2) is 40.0 Å². The highest BCUT2D eigenvalue weighted by Crippen LogP contribution is 2.20. The number of imidazole rings is 1. The van der Waals surface area contributed by atoms with Gasteiger partial charge in [-0.1, -0.05) is 6.42 Å². The Balaban J connectivity index is 1.87. The molecule has 0 radical (unpaired) electrons. The number of primary amides is 1. The molecule has 0 saturated carbocycles. The molecule has 106 valence electrons. The lowest BCUT2D eigenvalue weighted by molar-refractivity contribution is 0.100. The molecule has 1 amide bonds. The van der Waals surface area contributed by atoms with E-state index < -0.39 is 5.91 Å². The van der Waals surface area contributed by atoms with E-state index in [0.29, 0.717) is 11.6 Å². The number of amides is 1. The van der Waals surface area contributed by atoms with Gasteiger partial charge in [-0.05, 0) is 44.6 Å². The predicted octanol–water partition coefficient (Wildman–Crippen LogP) is 1.62. The summed E-state index contributed by atoms with van der Waals surface area (Å²) in [6, 6.07) is 6.04. The molecule has 0 unspecified atom stereocenters. The van der Waals surface area contributed by atoms with Crippen LogP contribution in [-0.2, 0) is 6.54 Å². The summed E-state index contributed by atoms with van der Waals surface area (Å²) in [5.74, 6) is -0.409. The van der Waals surface area contributed by atoms with Crippen molar-refractivity contribution in [3.8, 4) is 0 Å². The third-order valence-corrected chi connectivity index (χ3v) is 4.23. The van der Waals surface area contributed by atoms with Crippen molar-refractivity contribution in [1.82, 2.24) is 14.5 Å². The average Bonchev–Trinajstić information content (AvgIpc) is 2.84. The fourth-order valence-electron chi connectivity index (χ4n) is 2.96. The van der Waals surface area contributed by atoms with Crippen LogP contribution in [0.2, 0.25) is 0 Å². The lowest BCUT2D eigenvalue weighted by Crippen LogP contribution is -2.39. The second kappa shape index (κ2) is 5.25. The summed E-state index contributed by atoms with van der Waals surface area (Å²) in [5.41, 5.74) is 7.71. The summed E-state index contributed by atoms with van der Waals surface area (Å²) in [6.45, 7) is 2.12. The van der Waals surface area contributed by atoms with Crippen LogP contribution in [0.4, 0.5) is 0 Å². The number of carbonyl (C=O) groups is 1. The largest absolute Gasteiger partial charge is 0.366 e. The molecule has 1 atom stereocenters. The molecule has 1 aromatic heterocycles. The Bertz CT molecular complexity index is 634. The molecule has 0 aliphatic carbocycles. The highest BCUT2D eigenvalue weighted by molar-refractivity contribution is 5.96. The van der Waals surface area contributed by atoms with Crippen molar-refractivity contribution in [3.63, 3.8) is 0 Å². The first kappa shape index (κ1) is 13.1. The number of benzene rings is 1. The van der Waals surface area contributed by atoms with E-state index >= 15 is 0 Å². The quantitative estimate of drug-likeness (QED) is 0.923. The molecule has 0 spiro atoms. The van der Waals surface area contributed by atoms with Crippen LogP contribution >= 0.6 is 0 Å². The number of hydrogen-bond acceptors (Lipinski definition) is 3. The Labute approximate surface area is 118 Å². The monoisotopic (exact) mass is 272 g/mol. The van der Waals surface area contributed by atoms with E-state index in [1.807, 2.05) is 12.4 Å². The normalized spacial score (nSPS) is 20.4. The highest BCUT2D eigenvalue weighted by Gasteiger charge is 2.20. The number of nitrogens with zero attached hydrogens (tertiary/aromatic N) is 3. The van der Waals surface area contributed by atoms with Crippen LogP contribution < -0.4 is 5.73 Å². The van der Waals surface area contributed by atoms with E-state index in [9.17, 15) is 4.79 Å². The Morgan fingerprint density at radius 2 is 2.30 bits per heavy atom. The SMILES string of the molecule is CN1CCCC[C@@H]1Cn1cnc2cc(C(N)=O)ccc21. The van der Waals surface area contributed by atoms with Gasteiger partial charge >= 0.3 is 0 Å². The number of fused-ring (bicyclic) bond motifs is 1. The van der Waals surface area contributed by atoms with Gasteiger partial charge in [0.25, 0.3) is 0 Å². The maximum atomic E-state index is 11.2. The number of rotatable bonds is 3. The molecule has 1 aliphatic heterocycles. The first-order valence-corrected chi connectivity index (χ1v) is 7.10. The van der Waals surface area contributed by atoms with Gasteiger partial charge in [0.15, 0.2) is 0 Å². The van der Waals surface area contributed by atoms with Gasteiger partial charge in [-0.2, -0.15) is 0 Å². The average molecular weight is 272 g/mol. The molecule has 0 bridgehead atoms. The number of likely N-dealkylation sites (tertiary alicyclic amines) is 1. The van der Waals surface area contributed by atoms with Gasteiger partial charge < -0.3 is 15.2 Å². The molecule has 2 heterocycles. The third-order valence-electron chi connectivity index (χ3n) is 4.23. The van der Waals surface area contributed by atoms with Gasteiger partial charge in [0, 0.05) is 18.2 Å². The molecular formula is C15H20N4O. The van der Waals surface area contributed by atoms with Crippen molar-refractivity contribution in [2.75, 3.05) is 13.6 Å². The van der Waals surface area contributed by atoms with Crippen LogP contribution in [0, 0.1) is 0 Å². The van der Waals surface area contributed by atoms with Crippen molar-refractivity contribution >= 4 is 16.9 Å². The fourth-order valence-corrected chi connectivity index (χ4v) is 2.96. The summed E-state index contributed by atoms with van der Waals surface area (Å²) < 4.78 is 2.17. The second-order valence-electron chi connectivity index (χ2n) is 5.59. The number of carbonyl (C=O) groups excluding carboxylic acids is 1. The Kier molecular flexibility index (Phi) is 3.44. The van der Waals surface area contributed by atoms with E-state index in [1.54, 1.807) is 12.1 Å². The van der Waals surface area contributed by atoms with Crippen LogP contribution in [0.5, 0.6) is 0 Å². The summed E-state index contributed by atoms with van der Waals surface area (Å²) >= 11 is 0. The van der Waals surface area contributed by atoms with E-state index in [-0.39, 0.29) is 0 Å². The Hall–Kier alpha value is -1.88. The minimum absolute atomic E-state index is 0.409. The van der Waals surface area contributed by atoms with E-state index in [0.717, 1.165) is 17.6 Å². The maximum absolute atomic E-state index is 11.2. The van der Waals surface area contributed by atoms with E-state index in [2.05, 4.69) is 21.5 Å². The minimum atomic E-state index is -0.409. The second-order valence-corrected chi connectivity index (χ2v) is 5.59. The molecule has 2 aromatic rings. The molecule has 5 heteroatoms. The topological polar surface area (TPSA) is 64.2 Å². The predicted molar refractivity (Wildman–Crippen MR) is 78.5 cm³/mol. The van der Waals surface area contributed by atoms with Crippen LogP contribution in [0.3, 0.4) is 0 Å². The lowest BCUT2D eigenvalue weighted by Gasteiger charge is -2.32. The van der Waals surface area contributed by atoms with E-state index in [4.69, 9.17) is 5.73 Å². The zero-order valence-electron chi connectivity index (χ0n) is 11.7. The van der Waals surface area contributed by atoms with Crippen molar-refractivity contribution < 1.29 is 4.79 Å². The van der Waals surface area contributed by atoms with Crippen LogP contribution in [0.25, 0.3) is 11.0 Å². The molecule has 1 aliphatic rings. The van der Waals surface area contributed by atoms with Gasteiger partial charge in [0.2, 0.25) is 5.91 Å². The highest BCUT2D eigenvalue weighted by atomic mass is 16.1. The lowest BCUT2D eigenvalue weighted by atomic mass is 10.0.